The van der Waals surface area contributed by atoms with Gasteiger partial charge in [-0.2, -0.15) is 0 Å². The predicted octanol–water partition coefficient (Wildman–Crippen LogP) is 3.91. The van der Waals surface area contributed by atoms with Gasteiger partial charge in [0, 0.05) is 29.4 Å². The lowest BCUT2D eigenvalue weighted by Crippen LogP contribution is -2.28. The number of thioether (sulfide) groups is 1. The zero-order chi connectivity index (χ0) is 22.5. The van der Waals surface area contributed by atoms with Crippen molar-refractivity contribution in [3.63, 3.8) is 0 Å². The molecule has 1 unspecified atom stereocenters. The number of carbonyl (C=O) groups is 3. The summed E-state index contributed by atoms with van der Waals surface area (Å²) in [6, 6.07) is 16.1. The summed E-state index contributed by atoms with van der Waals surface area (Å²) < 4.78 is 0.556. The lowest BCUT2D eigenvalue weighted by atomic mass is 10.1. The van der Waals surface area contributed by atoms with Gasteiger partial charge in [0.2, 0.25) is 22.9 Å². The van der Waals surface area contributed by atoms with Gasteiger partial charge < -0.3 is 15.5 Å². The van der Waals surface area contributed by atoms with Crippen LogP contribution in [0.4, 0.5) is 16.5 Å². The van der Waals surface area contributed by atoms with Gasteiger partial charge in [-0.05, 0) is 36.4 Å². The number of aromatic nitrogens is 2. The van der Waals surface area contributed by atoms with E-state index in [2.05, 4.69) is 20.8 Å². The molecule has 0 spiro atoms. The summed E-state index contributed by atoms with van der Waals surface area (Å²) in [4.78, 5) is 38.6. The van der Waals surface area contributed by atoms with E-state index in [9.17, 15) is 14.4 Å². The highest BCUT2D eigenvalue weighted by Gasteiger charge is 2.35. The third-order valence-electron chi connectivity index (χ3n) is 4.66. The molecule has 1 aliphatic rings. The van der Waals surface area contributed by atoms with E-state index < -0.39 is 5.92 Å². The van der Waals surface area contributed by atoms with Crippen LogP contribution in [0.25, 0.3) is 0 Å². The van der Waals surface area contributed by atoms with Crippen molar-refractivity contribution >= 4 is 68.9 Å². The van der Waals surface area contributed by atoms with E-state index in [0.29, 0.717) is 26.7 Å². The molecule has 3 amide bonds. The largest absolute Gasteiger partial charge is 0.325 e. The van der Waals surface area contributed by atoms with Crippen molar-refractivity contribution in [2.45, 2.75) is 10.8 Å². The zero-order valence-corrected chi connectivity index (χ0v) is 19.0. The molecule has 0 radical (unpaired) electrons. The van der Waals surface area contributed by atoms with Crippen LogP contribution in [0, 0.1) is 5.92 Å². The molecule has 0 aliphatic carbocycles. The van der Waals surface area contributed by atoms with Gasteiger partial charge in [0.25, 0.3) is 0 Å². The second-order valence-corrected chi connectivity index (χ2v) is 9.58. The average molecular weight is 488 g/mol. The van der Waals surface area contributed by atoms with Gasteiger partial charge in [-0.15, -0.1) is 10.2 Å². The van der Waals surface area contributed by atoms with Crippen LogP contribution in [0.5, 0.6) is 0 Å². The molecule has 0 saturated carbocycles. The van der Waals surface area contributed by atoms with Crippen molar-refractivity contribution in [3.05, 3.63) is 59.6 Å². The SMILES string of the molecule is O=C(CSc1nnc(NC(=O)C2CC(=O)N(c3ccccc3)C2)s1)Nc1ccc(Cl)cc1. The lowest BCUT2D eigenvalue weighted by molar-refractivity contribution is -0.122. The molecule has 1 aromatic heterocycles. The second kappa shape index (κ2) is 10.1. The van der Waals surface area contributed by atoms with Gasteiger partial charge in [0.05, 0.1) is 11.7 Å². The van der Waals surface area contributed by atoms with Gasteiger partial charge in [-0.1, -0.05) is 52.9 Å². The topological polar surface area (TPSA) is 104 Å². The first-order chi connectivity index (χ1) is 15.5. The van der Waals surface area contributed by atoms with E-state index in [1.54, 1.807) is 29.2 Å². The number of rotatable bonds is 7. The molecule has 0 bridgehead atoms. The Hall–Kier alpha value is -2.95. The number of hydrogen-bond acceptors (Lipinski definition) is 7. The first-order valence-electron chi connectivity index (χ1n) is 9.66. The van der Waals surface area contributed by atoms with E-state index in [1.807, 2.05) is 30.3 Å². The van der Waals surface area contributed by atoms with Crippen molar-refractivity contribution in [1.82, 2.24) is 10.2 Å². The Morgan fingerprint density at radius 3 is 2.59 bits per heavy atom. The third-order valence-corrected chi connectivity index (χ3v) is 6.88. The molecule has 32 heavy (non-hydrogen) atoms. The van der Waals surface area contributed by atoms with Crippen LogP contribution in [-0.4, -0.2) is 40.2 Å². The van der Waals surface area contributed by atoms with Crippen LogP contribution in [0.2, 0.25) is 5.02 Å². The van der Waals surface area contributed by atoms with E-state index in [0.717, 1.165) is 5.69 Å². The minimum atomic E-state index is -0.465. The average Bonchev–Trinajstić information content (AvgIpc) is 3.41. The maximum Gasteiger partial charge on any atom is 0.234 e. The van der Waals surface area contributed by atoms with E-state index in [4.69, 9.17) is 11.6 Å². The van der Waals surface area contributed by atoms with Gasteiger partial charge >= 0.3 is 0 Å². The second-order valence-electron chi connectivity index (χ2n) is 6.95. The zero-order valence-electron chi connectivity index (χ0n) is 16.7. The van der Waals surface area contributed by atoms with Gasteiger partial charge in [0.1, 0.15) is 0 Å². The molecule has 8 nitrogen and oxygen atoms in total. The van der Waals surface area contributed by atoms with Crippen LogP contribution < -0.4 is 15.5 Å². The molecule has 2 heterocycles. The number of para-hydroxylation sites is 1. The molecule has 2 N–H and O–H groups in total. The van der Waals surface area contributed by atoms with Crippen LogP contribution in [0.15, 0.2) is 58.9 Å². The molecule has 1 saturated heterocycles. The van der Waals surface area contributed by atoms with Gasteiger partial charge in [-0.25, -0.2) is 0 Å². The fraction of sp³-hybridized carbons (Fsp3) is 0.190. The fourth-order valence-corrected chi connectivity index (χ4v) is 4.81. The van der Waals surface area contributed by atoms with E-state index >= 15 is 0 Å². The number of hydrogen-bond donors (Lipinski definition) is 2. The summed E-state index contributed by atoms with van der Waals surface area (Å²) in [6.45, 7) is 0.319. The molecule has 3 aromatic rings. The van der Waals surface area contributed by atoms with Crippen LogP contribution in [0.3, 0.4) is 0 Å². The normalized spacial score (nSPS) is 15.6. The standard InChI is InChI=1S/C21H18ClN5O3S2/c22-14-6-8-15(9-7-14)23-17(28)12-31-21-26-25-20(32-21)24-19(30)13-10-18(29)27(11-13)16-4-2-1-3-5-16/h1-9,13H,10-12H2,(H,23,28)(H,24,25,30). The maximum absolute atomic E-state index is 12.6. The van der Waals surface area contributed by atoms with E-state index in [1.165, 1.54) is 23.1 Å². The van der Waals surface area contributed by atoms with Crippen molar-refractivity contribution in [1.29, 1.82) is 0 Å². The summed E-state index contributed by atoms with van der Waals surface area (Å²) >= 11 is 8.24. The van der Waals surface area contributed by atoms with Gasteiger partial charge in [-0.3, -0.25) is 14.4 Å². The third kappa shape index (κ3) is 5.64. The quantitative estimate of drug-likeness (QED) is 0.386. The molecule has 164 valence electrons. The van der Waals surface area contributed by atoms with Gasteiger partial charge in [0.15, 0.2) is 4.34 Å². The number of halogens is 1. The Labute approximate surface area is 197 Å². The van der Waals surface area contributed by atoms with E-state index in [-0.39, 0.29) is 29.9 Å². The smallest absolute Gasteiger partial charge is 0.234 e. The minimum absolute atomic E-state index is 0.0865. The molecule has 2 aromatic carbocycles. The van der Waals surface area contributed by atoms with Crippen molar-refractivity contribution in [2.75, 3.05) is 27.8 Å². The van der Waals surface area contributed by atoms with Crippen molar-refractivity contribution in [2.24, 2.45) is 5.92 Å². The Kier molecular flexibility index (Phi) is 7.03. The fourth-order valence-electron chi connectivity index (χ4n) is 3.12. The first kappa shape index (κ1) is 22.3. The predicted molar refractivity (Wildman–Crippen MR) is 126 cm³/mol. The Morgan fingerprint density at radius 2 is 1.84 bits per heavy atom. The first-order valence-corrected chi connectivity index (χ1v) is 11.8. The number of amides is 3. The van der Waals surface area contributed by atoms with Crippen LogP contribution >= 0.6 is 34.7 Å². The summed E-state index contributed by atoms with van der Waals surface area (Å²) in [6.07, 6.45) is 0.145. The van der Waals surface area contributed by atoms with Crippen LogP contribution in [0.1, 0.15) is 6.42 Å². The maximum atomic E-state index is 12.6. The number of anilines is 3. The summed E-state index contributed by atoms with van der Waals surface area (Å²) in [5, 5.41) is 14.4. The monoisotopic (exact) mass is 487 g/mol. The van der Waals surface area contributed by atoms with Crippen molar-refractivity contribution < 1.29 is 14.4 Å². The summed E-state index contributed by atoms with van der Waals surface area (Å²) in [5.41, 5.74) is 1.43. The summed E-state index contributed by atoms with van der Waals surface area (Å²) in [5.74, 6) is -0.869. The Balaban J connectivity index is 1.26. The number of nitrogens with zero attached hydrogens (tertiary/aromatic N) is 3. The highest BCUT2D eigenvalue weighted by molar-refractivity contribution is 8.01. The molecule has 11 heteroatoms. The Bertz CT molecular complexity index is 1120. The highest BCUT2D eigenvalue weighted by atomic mass is 35.5. The lowest BCUT2D eigenvalue weighted by Gasteiger charge is -2.16. The molecule has 1 atom stereocenters. The minimum Gasteiger partial charge on any atom is -0.325 e. The van der Waals surface area contributed by atoms with Crippen LogP contribution in [-0.2, 0) is 14.4 Å². The molecule has 1 aliphatic heterocycles. The number of carbonyl (C=O) groups excluding carboxylic acids is 3. The molecular formula is C21H18ClN5O3S2. The number of benzene rings is 2. The highest BCUT2D eigenvalue weighted by Crippen LogP contribution is 2.28. The molecule has 1 fully saturated rings. The number of nitrogens with one attached hydrogen (secondary N) is 2. The summed E-state index contributed by atoms with van der Waals surface area (Å²) in [7, 11) is 0. The Morgan fingerprint density at radius 1 is 1.09 bits per heavy atom. The molecule has 4 rings (SSSR count). The van der Waals surface area contributed by atoms with Crippen molar-refractivity contribution in [3.8, 4) is 0 Å². The molecular weight excluding hydrogens is 470 g/mol.